The average molecular weight is 254 g/mol. The molecule has 5 heteroatoms. The molecule has 102 valence electrons. The van der Waals surface area contributed by atoms with Crippen molar-refractivity contribution >= 4 is 11.8 Å². The first kappa shape index (κ1) is 13.3. The maximum atomic E-state index is 12.3. The van der Waals surface area contributed by atoms with Gasteiger partial charge in [0.2, 0.25) is 11.8 Å². The van der Waals surface area contributed by atoms with E-state index >= 15 is 0 Å². The lowest BCUT2D eigenvalue weighted by Crippen LogP contribution is -2.50. The summed E-state index contributed by atoms with van der Waals surface area (Å²) in [4.78, 5) is 23.3. The maximum absolute atomic E-state index is 12.3. The van der Waals surface area contributed by atoms with Gasteiger partial charge in [-0.05, 0) is 26.2 Å². The highest BCUT2D eigenvalue weighted by Gasteiger charge is 2.42. The molecule has 0 aliphatic carbocycles. The lowest BCUT2D eigenvalue weighted by atomic mass is 9.88. The molecule has 2 aliphatic rings. The Labute approximate surface area is 108 Å². The summed E-state index contributed by atoms with van der Waals surface area (Å²) >= 11 is 0. The van der Waals surface area contributed by atoms with Crippen LogP contribution in [0.2, 0.25) is 0 Å². The fourth-order valence-electron chi connectivity index (χ4n) is 2.87. The van der Waals surface area contributed by atoms with Crippen LogP contribution in [0, 0.1) is 11.8 Å². The minimum Gasteiger partial charge on any atom is -0.374 e. The Balaban J connectivity index is 1.90. The maximum Gasteiger partial charge on any atom is 0.226 e. The van der Waals surface area contributed by atoms with Crippen LogP contribution < -0.4 is 10.6 Å². The van der Waals surface area contributed by atoms with Crippen molar-refractivity contribution in [3.63, 3.8) is 0 Å². The normalized spacial score (nSPS) is 40.4. The predicted molar refractivity (Wildman–Crippen MR) is 66.8 cm³/mol. The summed E-state index contributed by atoms with van der Waals surface area (Å²) in [5.41, 5.74) is 0. The fourth-order valence-corrected chi connectivity index (χ4v) is 2.87. The molecule has 0 aromatic rings. The molecule has 0 bridgehead atoms. The van der Waals surface area contributed by atoms with E-state index in [-0.39, 0.29) is 41.9 Å². The van der Waals surface area contributed by atoms with E-state index in [0.717, 1.165) is 6.42 Å². The molecule has 2 aliphatic heterocycles. The van der Waals surface area contributed by atoms with Crippen molar-refractivity contribution in [3.05, 3.63) is 0 Å². The first-order chi connectivity index (χ1) is 8.49. The van der Waals surface area contributed by atoms with Gasteiger partial charge in [0.25, 0.3) is 0 Å². The van der Waals surface area contributed by atoms with Crippen LogP contribution in [0.1, 0.15) is 33.6 Å². The van der Waals surface area contributed by atoms with Gasteiger partial charge in [0.15, 0.2) is 0 Å². The first-order valence-electron chi connectivity index (χ1n) is 6.71. The van der Waals surface area contributed by atoms with Gasteiger partial charge in [0.05, 0.1) is 18.1 Å². The summed E-state index contributed by atoms with van der Waals surface area (Å²) < 4.78 is 5.68. The number of piperidine rings is 1. The van der Waals surface area contributed by atoms with Crippen molar-refractivity contribution in [2.45, 2.75) is 51.9 Å². The number of rotatable bonds is 2. The second-order valence-corrected chi connectivity index (χ2v) is 5.48. The van der Waals surface area contributed by atoms with E-state index < -0.39 is 0 Å². The van der Waals surface area contributed by atoms with E-state index in [1.165, 1.54) is 0 Å². The smallest absolute Gasteiger partial charge is 0.226 e. The Morgan fingerprint density at radius 1 is 1.33 bits per heavy atom. The SMILES string of the molecule is CC1OC(C)C(C(=O)NC2CCC(=O)NC2)C1C. The topological polar surface area (TPSA) is 67.4 Å². The molecule has 2 amide bonds. The zero-order valence-electron chi connectivity index (χ0n) is 11.2. The Morgan fingerprint density at radius 2 is 2.06 bits per heavy atom. The van der Waals surface area contributed by atoms with E-state index in [0.29, 0.717) is 13.0 Å². The zero-order valence-corrected chi connectivity index (χ0v) is 11.2. The summed E-state index contributed by atoms with van der Waals surface area (Å²) in [6, 6.07) is 0.0607. The van der Waals surface area contributed by atoms with Crippen LogP contribution in [0.25, 0.3) is 0 Å². The molecule has 2 fully saturated rings. The van der Waals surface area contributed by atoms with Gasteiger partial charge in [-0.2, -0.15) is 0 Å². The average Bonchev–Trinajstić information content (AvgIpc) is 2.56. The lowest BCUT2D eigenvalue weighted by molar-refractivity contribution is -0.129. The highest BCUT2D eigenvalue weighted by atomic mass is 16.5. The molecule has 5 nitrogen and oxygen atoms in total. The molecule has 2 saturated heterocycles. The second-order valence-electron chi connectivity index (χ2n) is 5.48. The number of nitrogens with one attached hydrogen (secondary N) is 2. The number of hydrogen-bond donors (Lipinski definition) is 2. The number of carbonyl (C=O) groups excluding carboxylic acids is 2. The first-order valence-corrected chi connectivity index (χ1v) is 6.71. The summed E-state index contributed by atoms with van der Waals surface area (Å²) in [6.07, 6.45) is 1.31. The van der Waals surface area contributed by atoms with E-state index in [4.69, 9.17) is 4.74 Å². The Bertz CT molecular complexity index is 335. The van der Waals surface area contributed by atoms with Gasteiger partial charge in [-0.3, -0.25) is 9.59 Å². The quantitative estimate of drug-likeness (QED) is 0.751. The molecule has 0 radical (unpaired) electrons. The third kappa shape index (κ3) is 2.66. The summed E-state index contributed by atoms with van der Waals surface area (Å²) in [5.74, 6) is 0.274. The van der Waals surface area contributed by atoms with Crippen molar-refractivity contribution in [1.82, 2.24) is 10.6 Å². The number of carbonyl (C=O) groups is 2. The van der Waals surface area contributed by atoms with E-state index in [1.807, 2.05) is 13.8 Å². The minimum atomic E-state index is -0.0855. The van der Waals surface area contributed by atoms with Gasteiger partial charge in [0, 0.05) is 19.0 Å². The molecule has 0 aromatic heterocycles. The summed E-state index contributed by atoms with van der Waals surface area (Å²) in [5, 5.41) is 5.80. The third-order valence-electron chi connectivity index (χ3n) is 4.16. The molecular formula is C13H22N2O3. The molecule has 5 unspecified atom stereocenters. The molecular weight excluding hydrogens is 232 g/mol. The third-order valence-corrected chi connectivity index (χ3v) is 4.16. The molecule has 0 aromatic carbocycles. The lowest BCUT2D eigenvalue weighted by Gasteiger charge is -2.26. The highest BCUT2D eigenvalue weighted by molar-refractivity contribution is 5.81. The van der Waals surface area contributed by atoms with Crippen LogP contribution in [-0.4, -0.2) is 36.6 Å². The largest absolute Gasteiger partial charge is 0.374 e. The van der Waals surface area contributed by atoms with E-state index in [9.17, 15) is 9.59 Å². The molecule has 0 saturated carbocycles. The van der Waals surface area contributed by atoms with Crippen LogP contribution in [-0.2, 0) is 14.3 Å². The number of hydrogen-bond acceptors (Lipinski definition) is 3. The van der Waals surface area contributed by atoms with Crippen LogP contribution >= 0.6 is 0 Å². The molecule has 2 heterocycles. The van der Waals surface area contributed by atoms with Crippen molar-refractivity contribution in [1.29, 1.82) is 0 Å². The van der Waals surface area contributed by atoms with Gasteiger partial charge in [-0.25, -0.2) is 0 Å². The van der Waals surface area contributed by atoms with Gasteiger partial charge in [-0.15, -0.1) is 0 Å². The minimum absolute atomic E-state index is 0.0341. The molecule has 5 atom stereocenters. The van der Waals surface area contributed by atoms with E-state index in [2.05, 4.69) is 17.6 Å². The highest BCUT2D eigenvalue weighted by Crippen LogP contribution is 2.32. The van der Waals surface area contributed by atoms with E-state index in [1.54, 1.807) is 0 Å². The van der Waals surface area contributed by atoms with Crippen LogP contribution in [0.3, 0.4) is 0 Å². The van der Waals surface area contributed by atoms with Crippen molar-refractivity contribution < 1.29 is 14.3 Å². The molecule has 2 rings (SSSR count). The molecule has 2 N–H and O–H groups in total. The van der Waals surface area contributed by atoms with Crippen LogP contribution in [0.4, 0.5) is 0 Å². The molecule has 0 spiro atoms. The van der Waals surface area contributed by atoms with Gasteiger partial charge < -0.3 is 15.4 Å². The fraction of sp³-hybridized carbons (Fsp3) is 0.846. The monoisotopic (exact) mass is 254 g/mol. The van der Waals surface area contributed by atoms with Crippen LogP contribution in [0.15, 0.2) is 0 Å². The predicted octanol–water partition coefficient (Wildman–Crippen LogP) is 0.441. The van der Waals surface area contributed by atoms with Crippen molar-refractivity contribution in [2.75, 3.05) is 6.54 Å². The Hall–Kier alpha value is -1.10. The van der Waals surface area contributed by atoms with Gasteiger partial charge in [-0.1, -0.05) is 6.92 Å². The van der Waals surface area contributed by atoms with Crippen LogP contribution in [0.5, 0.6) is 0 Å². The van der Waals surface area contributed by atoms with Crippen molar-refractivity contribution in [3.8, 4) is 0 Å². The van der Waals surface area contributed by atoms with Crippen molar-refractivity contribution in [2.24, 2.45) is 11.8 Å². The standard InChI is InChI=1S/C13H22N2O3/c1-7-8(2)18-9(3)12(7)13(17)15-10-4-5-11(16)14-6-10/h7-10,12H,4-6H2,1-3H3,(H,14,16)(H,15,17). The van der Waals surface area contributed by atoms with Gasteiger partial charge >= 0.3 is 0 Å². The zero-order chi connectivity index (χ0) is 13.3. The number of ether oxygens (including phenoxy) is 1. The Morgan fingerprint density at radius 3 is 2.56 bits per heavy atom. The summed E-state index contributed by atoms with van der Waals surface area (Å²) in [6.45, 7) is 6.56. The number of amides is 2. The molecule has 18 heavy (non-hydrogen) atoms. The second kappa shape index (κ2) is 5.26. The Kier molecular flexibility index (Phi) is 3.90. The summed E-state index contributed by atoms with van der Waals surface area (Å²) in [7, 11) is 0. The van der Waals surface area contributed by atoms with Gasteiger partial charge in [0.1, 0.15) is 0 Å².